The van der Waals surface area contributed by atoms with Crippen LogP contribution in [0.4, 0.5) is 0 Å². The van der Waals surface area contributed by atoms with Crippen molar-refractivity contribution in [2.24, 2.45) is 5.92 Å². The molecule has 0 radical (unpaired) electrons. The number of para-hydroxylation sites is 1. The maximum absolute atomic E-state index is 6.00. The second-order valence-corrected chi connectivity index (χ2v) is 7.01. The third-order valence-electron chi connectivity index (χ3n) is 4.32. The minimum Gasteiger partial charge on any atom is -0.493 e. The van der Waals surface area contributed by atoms with Gasteiger partial charge in [0.15, 0.2) is 0 Å². The van der Waals surface area contributed by atoms with E-state index in [0.717, 1.165) is 25.3 Å². The minimum atomic E-state index is 0.348. The molecule has 0 aromatic heterocycles. The van der Waals surface area contributed by atoms with Crippen LogP contribution in [0.3, 0.4) is 0 Å². The molecule has 0 aliphatic heterocycles. The Morgan fingerprint density at radius 2 is 1.65 bits per heavy atom. The van der Waals surface area contributed by atoms with Crippen LogP contribution in [0.1, 0.15) is 84.2 Å². The zero-order chi connectivity index (χ0) is 16.9. The zero-order valence-corrected chi connectivity index (χ0v) is 15.7. The predicted molar refractivity (Wildman–Crippen MR) is 101 cm³/mol. The first kappa shape index (κ1) is 20.0. The summed E-state index contributed by atoms with van der Waals surface area (Å²) in [6.45, 7) is 10.9. The van der Waals surface area contributed by atoms with Crippen LogP contribution < -0.4 is 10.1 Å². The molecule has 132 valence electrons. The monoisotopic (exact) mass is 319 g/mol. The van der Waals surface area contributed by atoms with E-state index in [4.69, 9.17) is 4.74 Å². The Hall–Kier alpha value is -1.02. The normalized spacial score (nSPS) is 12.6. The first-order valence-electron chi connectivity index (χ1n) is 9.60. The molecule has 1 unspecified atom stereocenters. The highest BCUT2D eigenvalue weighted by Crippen LogP contribution is 2.25. The van der Waals surface area contributed by atoms with Crippen LogP contribution in [0, 0.1) is 5.92 Å². The number of hydrogen-bond donors (Lipinski definition) is 1. The maximum Gasteiger partial charge on any atom is 0.124 e. The van der Waals surface area contributed by atoms with E-state index >= 15 is 0 Å². The van der Waals surface area contributed by atoms with Gasteiger partial charge >= 0.3 is 0 Å². The predicted octanol–water partition coefficient (Wildman–Crippen LogP) is 6.12. The Kier molecular flexibility index (Phi) is 10.8. The summed E-state index contributed by atoms with van der Waals surface area (Å²) in [6, 6.07) is 8.80. The average Bonchev–Trinajstić information content (AvgIpc) is 2.54. The number of benzene rings is 1. The van der Waals surface area contributed by atoms with Crippen LogP contribution in [0.25, 0.3) is 0 Å². The van der Waals surface area contributed by atoms with Gasteiger partial charge < -0.3 is 10.1 Å². The minimum absolute atomic E-state index is 0.348. The number of unbranched alkanes of at least 4 members (excludes halogenated alkanes) is 5. The SMILES string of the molecule is CCCCCCCCNC(C)c1ccccc1OCCC(C)C. The topological polar surface area (TPSA) is 21.3 Å². The third-order valence-corrected chi connectivity index (χ3v) is 4.32. The molecule has 1 aromatic rings. The van der Waals surface area contributed by atoms with Crippen molar-refractivity contribution in [3.63, 3.8) is 0 Å². The van der Waals surface area contributed by atoms with Crippen molar-refractivity contribution in [2.45, 2.75) is 78.7 Å². The highest BCUT2D eigenvalue weighted by Gasteiger charge is 2.10. The molecule has 1 aromatic carbocycles. The van der Waals surface area contributed by atoms with E-state index in [0.29, 0.717) is 12.0 Å². The Balaban J connectivity index is 2.33. The molecule has 2 heteroatoms. The summed E-state index contributed by atoms with van der Waals surface area (Å²) in [5, 5.41) is 3.65. The Bertz CT molecular complexity index is 403. The highest BCUT2D eigenvalue weighted by molar-refractivity contribution is 5.35. The molecule has 0 aliphatic rings. The molecule has 1 atom stereocenters. The van der Waals surface area contributed by atoms with Crippen LogP contribution in [0.15, 0.2) is 24.3 Å². The van der Waals surface area contributed by atoms with Gasteiger partial charge in [-0.1, -0.05) is 71.1 Å². The summed E-state index contributed by atoms with van der Waals surface area (Å²) in [7, 11) is 0. The molecule has 0 heterocycles. The fourth-order valence-corrected chi connectivity index (χ4v) is 2.71. The van der Waals surface area contributed by atoms with Crippen LogP contribution in [0.2, 0.25) is 0 Å². The van der Waals surface area contributed by atoms with Crippen LogP contribution in [-0.2, 0) is 0 Å². The standard InChI is InChI=1S/C21H37NO/c1-5-6-7-8-9-12-16-22-19(4)20-13-10-11-14-21(20)23-17-15-18(2)3/h10-11,13-14,18-19,22H,5-9,12,15-17H2,1-4H3. The second-order valence-electron chi connectivity index (χ2n) is 7.01. The maximum atomic E-state index is 6.00. The lowest BCUT2D eigenvalue weighted by atomic mass is 10.1. The van der Waals surface area contributed by atoms with Gasteiger partial charge in [0.1, 0.15) is 5.75 Å². The lowest BCUT2D eigenvalue weighted by Gasteiger charge is -2.19. The van der Waals surface area contributed by atoms with Gasteiger partial charge in [-0.05, 0) is 38.3 Å². The van der Waals surface area contributed by atoms with Crippen molar-refractivity contribution < 1.29 is 4.74 Å². The molecule has 23 heavy (non-hydrogen) atoms. The molecular formula is C21H37NO. The second kappa shape index (κ2) is 12.4. The molecule has 0 spiro atoms. The molecule has 0 saturated heterocycles. The van der Waals surface area contributed by atoms with Gasteiger partial charge in [-0.2, -0.15) is 0 Å². The first-order valence-corrected chi connectivity index (χ1v) is 9.60. The van der Waals surface area contributed by atoms with Crippen molar-refractivity contribution in [3.8, 4) is 5.75 Å². The molecule has 0 amide bonds. The van der Waals surface area contributed by atoms with Gasteiger partial charge in [-0.3, -0.25) is 0 Å². The van der Waals surface area contributed by atoms with Crippen LogP contribution in [0.5, 0.6) is 5.75 Å². The van der Waals surface area contributed by atoms with Gasteiger partial charge in [-0.25, -0.2) is 0 Å². The molecule has 1 N–H and O–H groups in total. The van der Waals surface area contributed by atoms with E-state index in [1.54, 1.807) is 0 Å². The number of rotatable bonds is 13. The quantitative estimate of drug-likeness (QED) is 0.442. The smallest absolute Gasteiger partial charge is 0.124 e. The summed E-state index contributed by atoms with van der Waals surface area (Å²) in [5.41, 5.74) is 1.28. The third kappa shape index (κ3) is 9.00. The number of ether oxygens (including phenoxy) is 1. The van der Waals surface area contributed by atoms with Gasteiger partial charge in [0, 0.05) is 11.6 Å². The van der Waals surface area contributed by atoms with E-state index in [9.17, 15) is 0 Å². The van der Waals surface area contributed by atoms with Crippen molar-refractivity contribution in [2.75, 3.05) is 13.2 Å². The molecule has 1 rings (SSSR count). The van der Waals surface area contributed by atoms with Gasteiger partial charge in [0.2, 0.25) is 0 Å². The zero-order valence-electron chi connectivity index (χ0n) is 15.7. The van der Waals surface area contributed by atoms with Crippen molar-refractivity contribution >= 4 is 0 Å². The van der Waals surface area contributed by atoms with E-state index in [1.165, 1.54) is 44.1 Å². The van der Waals surface area contributed by atoms with Crippen molar-refractivity contribution in [1.82, 2.24) is 5.32 Å². The number of nitrogens with one attached hydrogen (secondary N) is 1. The molecule has 0 saturated carbocycles. The summed E-state index contributed by atoms with van der Waals surface area (Å²) >= 11 is 0. The molecular weight excluding hydrogens is 282 g/mol. The fraction of sp³-hybridized carbons (Fsp3) is 0.714. The lowest BCUT2D eigenvalue weighted by Crippen LogP contribution is -2.20. The van der Waals surface area contributed by atoms with Crippen LogP contribution in [-0.4, -0.2) is 13.2 Å². The van der Waals surface area contributed by atoms with Gasteiger partial charge in [0.05, 0.1) is 6.61 Å². The number of hydrogen-bond acceptors (Lipinski definition) is 2. The Morgan fingerprint density at radius 3 is 2.39 bits per heavy atom. The van der Waals surface area contributed by atoms with Gasteiger partial charge in [-0.15, -0.1) is 0 Å². The summed E-state index contributed by atoms with van der Waals surface area (Å²) in [5.74, 6) is 1.72. The first-order chi connectivity index (χ1) is 11.1. The fourth-order valence-electron chi connectivity index (χ4n) is 2.71. The van der Waals surface area contributed by atoms with E-state index in [1.807, 2.05) is 0 Å². The van der Waals surface area contributed by atoms with Crippen molar-refractivity contribution in [3.05, 3.63) is 29.8 Å². The average molecular weight is 320 g/mol. The largest absolute Gasteiger partial charge is 0.493 e. The molecule has 0 fully saturated rings. The lowest BCUT2D eigenvalue weighted by molar-refractivity contribution is 0.284. The molecule has 2 nitrogen and oxygen atoms in total. The Morgan fingerprint density at radius 1 is 0.957 bits per heavy atom. The molecule has 0 aliphatic carbocycles. The Labute approximate surface area is 144 Å². The molecule has 0 bridgehead atoms. The van der Waals surface area contributed by atoms with Gasteiger partial charge in [0.25, 0.3) is 0 Å². The van der Waals surface area contributed by atoms with E-state index in [-0.39, 0.29) is 0 Å². The van der Waals surface area contributed by atoms with Crippen LogP contribution >= 0.6 is 0 Å². The van der Waals surface area contributed by atoms with E-state index < -0.39 is 0 Å². The highest BCUT2D eigenvalue weighted by atomic mass is 16.5. The summed E-state index contributed by atoms with van der Waals surface area (Å²) in [6.07, 6.45) is 9.18. The van der Waals surface area contributed by atoms with Crippen molar-refractivity contribution in [1.29, 1.82) is 0 Å². The van der Waals surface area contributed by atoms with E-state index in [2.05, 4.69) is 57.3 Å². The summed E-state index contributed by atoms with van der Waals surface area (Å²) < 4.78 is 6.00. The summed E-state index contributed by atoms with van der Waals surface area (Å²) in [4.78, 5) is 0.